The van der Waals surface area contributed by atoms with Crippen LogP contribution in [0.2, 0.25) is 0 Å². The Hall–Kier alpha value is -1.04. The smallest absolute Gasteiger partial charge is 0.305 e. The first-order valence-corrected chi connectivity index (χ1v) is 8.25. The molecule has 0 heterocycles. The summed E-state index contributed by atoms with van der Waals surface area (Å²) in [7, 11) is 2.78. The number of rotatable bonds is 11. The molecule has 0 aliphatic rings. The molecule has 0 bridgehead atoms. The molecule has 0 saturated heterocycles. The molecule has 1 atom stereocenters. The van der Waals surface area contributed by atoms with Gasteiger partial charge in [-0.1, -0.05) is 18.2 Å². The first-order valence-electron chi connectivity index (χ1n) is 7.26. The summed E-state index contributed by atoms with van der Waals surface area (Å²) in [6, 6.07) is 0. The maximum absolute atomic E-state index is 11.1. The Balaban J connectivity index is 3.98. The molecule has 1 unspecified atom stereocenters. The highest BCUT2D eigenvalue weighted by Gasteiger charge is 2.12. The molecular weight excluding hydrogens is 292 g/mol. The predicted octanol–water partition coefficient (Wildman–Crippen LogP) is 2.96. The maximum atomic E-state index is 11.1. The second kappa shape index (κ2) is 12.7. The van der Waals surface area contributed by atoms with Crippen LogP contribution in [0.5, 0.6) is 0 Å². The number of thioether (sulfide) groups is 1. The zero-order valence-electron chi connectivity index (χ0n) is 13.2. The number of carbonyl (C=O) groups is 3. The fraction of sp³-hybridized carbons (Fsp3) is 0.800. The van der Waals surface area contributed by atoms with E-state index in [4.69, 9.17) is 0 Å². The molecule has 0 aliphatic heterocycles. The number of carbonyl (C=O) groups excluding carboxylic acids is 3. The molecule has 0 aromatic carbocycles. The van der Waals surface area contributed by atoms with Crippen LogP contribution in [0.3, 0.4) is 0 Å². The van der Waals surface area contributed by atoms with Crippen molar-refractivity contribution in [1.82, 2.24) is 0 Å². The highest BCUT2D eigenvalue weighted by Crippen LogP contribution is 2.22. The number of hydrogen-bond acceptors (Lipinski definition) is 6. The number of hydrogen-bond donors (Lipinski definition) is 0. The Morgan fingerprint density at radius 3 is 1.95 bits per heavy atom. The van der Waals surface area contributed by atoms with Crippen LogP contribution in [-0.2, 0) is 23.9 Å². The summed E-state index contributed by atoms with van der Waals surface area (Å²) in [5.74, 6) is 0.782. The van der Waals surface area contributed by atoms with Gasteiger partial charge in [0, 0.05) is 25.5 Å². The quantitative estimate of drug-likeness (QED) is 0.431. The van der Waals surface area contributed by atoms with E-state index < -0.39 is 0 Å². The molecule has 21 heavy (non-hydrogen) atoms. The molecule has 0 saturated carbocycles. The molecule has 0 radical (unpaired) electrons. The first kappa shape index (κ1) is 20.0. The van der Waals surface area contributed by atoms with Crippen molar-refractivity contribution in [3.05, 3.63) is 0 Å². The van der Waals surface area contributed by atoms with Crippen LogP contribution in [0.15, 0.2) is 0 Å². The molecule has 0 aromatic rings. The van der Waals surface area contributed by atoms with E-state index in [1.807, 2.05) is 0 Å². The van der Waals surface area contributed by atoms with E-state index in [-0.39, 0.29) is 17.1 Å². The van der Waals surface area contributed by atoms with Crippen LogP contribution in [0, 0.1) is 5.92 Å². The van der Waals surface area contributed by atoms with Crippen molar-refractivity contribution in [2.75, 3.05) is 20.0 Å². The van der Waals surface area contributed by atoms with Crippen LogP contribution in [-0.4, -0.2) is 37.0 Å². The van der Waals surface area contributed by atoms with Gasteiger partial charge in [-0.3, -0.25) is 14.4 Å². The Morgan fingerprint density at radius 1 is 0.905 bits per heavy atom. The largest absolute Gasteiger partial charge is 0.469 e. The third kappa shape index (κ3) is 12.4. The highest BCUT2D eigenvalue weighted by atomic mass is 32.2. The van der Waals surface area contributed by atoms with Crippen LogP contribution >= 0.6 is 11.8 Å². The minimum atomic E-state index is -0.196. The zero-order chi connectivity index (χ0) is 16.1. The monoisotopic (exact) mass is 318 g/mol. The van der Waals surface area contributed by atoms with Crippen molar-refractivity contribution in [2.45, 2.75) is 51.9 Å². The van der Waals surface area contributed by atoms with Gasteiger partial charge >= 0.3 is 11.9 Å². The summed E-state index contributed by atoms with van der Waals surface area (Å²) in [6.07, 6.45) is 5.20. The third-order valence-corrected chi connectivity index (χ3v) is 4.26. The van der Waals surface area contributed by atoms with Gasteiger partial charge in [-0.2, -0.15) is 0 Å². The molecule has 0 rings (SSSR count). The van der Waals surface area contributed by atoms with E-state index in [1.54, 1.807) is 6.92 Å². The molecule has 0 N–H and O–H groups in total. The topological polar surface area (TPSA) is 69.7 Å². The van der Waals surface area contributed by atoms with Crippen molar-refractivity contribution < 1.29 is 23.9 Å². The van der Waals surface area contributed by atoms with Crippen LogP contribution in [0.25, 0.3) is 0 Å². The van der Waals surface area contributed by atoms with E-state index in [0.717, 1.165) is 37.9 Å². The number of ether oxygens (including phenoxy) is 2. The van der Waals surface area contributed by atoms with E-state index in [9.17, 15) is 14.4 Å². The normalized spacial score (nSPS) is 11.8. The van der Waals surface area contributed by atoms with Gasteiger partial charge in [-0.15, -0.1) is 0 Å². The molecule has 122 valence electrons. The number of unbranched alkanes of at least 4 members (excludes halogenated alkanes) is 1. The summed E-state index contributed by atoms with van der Waals surface area (Å²) in [5.41, 5.74) is 0. The van der Waals surface area contributed by atoms with E-state index in [2.05, 4.69) is 9.47 Å². The summed E-state index contributed by atoms with van der Waals surface area (Å²) < 4.78 is 9.22. The van der Waals surface area contributed by atoms with E-state index in [1.165, 1.54) is 26.0 Å². The average molecular weight is 318 g/mol. The zero-order valence-corrected chi connectivity index (χ0v) is 14.0. The Morgan fingerprint density at radius 2 is 1.43 bits per heavy atom. The third-order valence-electron chi connectivity index (χ3n) is 3.21. The molecular formula is C15H26O5S. The van der Waals surface area contributed by atoms with Crippen LogP contribution in [0.1, 0.15) is 51.9 Å². The average Bonchev–Trinajstić information content (AvgIpc) is 2.47. The summed E-state index contributed by atoms with van der Waals surface area (Å²) in [6.45, 7) is 1.56. The van der Waals surface area contributed by atoms with Crippen molar-refractivity contribution >= 4 is 28.8 Å². The molecule has 0 spiro atoms. The lowest BCUT2D eigenvalue weighted by atomic mass is 9.97. The minimum Gasteiger partial charge on any atom is -0.469 e. The molecule has 0 aromatic heterocycles. The summed E-state index contributed by atoms with van der Waals surface area (Å²) in [4.78, 5) is 33.2. The standard InChI is InChI=1S/C15H26O5S/c1-12(16)21-11-13(8-6-10-15(18)20-3)7-4-5-9-14(17)19-2/h13H,4-11H2,1-3H3. The SMILES string of the molecule is COC(=O)CCCCC(CCCC(=O)OC)CSC(C)=O. The van der Waals surface area contributed by atoms with Crippen LogP contribution < -0.4 is 0 Å². The van der Waals surface area contributed by atoms with Gasteiger partial charge < -0.3 is 9.47 Å². The maximum Gasteiger partial charge on any atom is 0.305 e. The Kier molecular flexibility index (Phi) is 12.1. The van der Waals surface area contributed by atoms with E-state index in [0.29, 0.717) is 18.8 Å². The molecule has 6 heteroatoms. The van der Waals surface area contributed by atoms with Crippen molar-refractivity contribution in [2.24, 2.45) is 5.92 Å². The lowest BCUT2D eigenvalue weighted by Gasteiger charge is -2.15. The number of esters is 2. The van der Waals surface area contributed by atoms with Gasteiger partial charge in [0.25, 0.3) is 0 Å². The second-order valence-corrected chi connectivity index (χ2v) is 6.16. The van der Waals surface area contributed by atoms with Gasteiger partial charge in [0.15, 0.2) is 5.12 Å². The minimum absolute atomic E-state index is 0.113. The molecule has 0 aliphatic carbocycles. The Bertz CT molecular complexity index is 330. The van der Waals surface area contributed by atoms with Crippen molar-refractivity contribution in [3.63, 3.8) is 0 Å². The Labute approximate surface area is 131 Å². The van der Waals surface area contributed by atoms with Gasteiger partial charge in [0.05, 0.1) is 14.2 Å². The van der Waals surface area contributed by atoms with Crippen LogP contribution in [0.4, 0.5) is 0 Å². The lowest BCUT2D eigenvalue weighted by Crippen LogP contribution is -2.08. The lowest BCUT2D eigenvalue weighted by molar-refractivity contribution is -0.141. The highest BCUT2D eigenvalue weighted by molar-refractivity contribution is 8.13. The van der Waals surface area contributed by atoms with Gasteiger partial charge in [-0.25, -0.2) is 0 Å². The van der Waals surface area contributed by atoms with Gasteiger partial charge in [0.2, 0.25) is 0 Å². The predicted molar refractivity (Wildman–Crippen MR) is 83.0 cm³/mol. The fourth-order valence-corrected chi connectivity index (χ4v) is 2.79. The summed E-state index contributed by atoms with van der Waals surface area (Å²) >= 11 is 1.33. The second-order valence-electron chi connectivity index (χ2n) is 4.96. The fourth-order valence-electron chi connectivity index (χ4n) is 1.99. The van der Waals surface area contributed by atoms with Crippen molar-refractivity contribution in [1.29, 1.82) is 0 Å². The molecule has 0 amide bonds. The van der Waals surface area contributed by atoms with E-state index >= 15 is 0 Å². The number of methoxy groups -OCH3 is 2. The summed E-state index contributed by atoms with van der Waals surface area (Å²) in [5, 5.41) is 0.113. The first-order chi connectivity index (χ1) is 9.99. The molecule has 5 nitrogen and oxygen atoms in total. The van der Waals surface area contributed by atoms with Gasteiger partial charge in [0.1, 0.15) is 0 Å². The van der Waals surface area contributed by atoms with Crippen molar-refractivity contribution in [3.8, 4) is 0 Å². The molecule has 0 fully saturated rings. The van der Waals surface area contributed by atoms with Gasteiger partial charge in [-0.05, 0) is 31.6 Å².